The number of nitrogens with zero attached hydrogens (tertiary/aromatic N) is 1. The molecule has 0 aliphatic carbocycles. The molecule has 9 heteroatoms. The van der Waals surface area contributed by atoms with Crippen molar-refractivity contribution in [2.24, 2.45) is 0 Å². The van der Waals surface area contributed by atoms with Crippen LogP contribution in [-0.2, 0) is 23.0 Å². The van der Waals surface area contributed by atoms with Crippen molar-refractivity contribution in [3.8, 4) is 17.2 Å². The predicted molar refractivity (Wildman–Crippen MR) is 136 cm³/mol. The SMILES string of the molecule is COc1ccc(CN2CCc3cc(OC)c(OC)cc3C2CNS(=O)(=O)c2ccc(Cl)cc2)cc1. The maximum Gasteiger partial charge on any atom is 0.240 e. The van der Waals surface area contributed by atoms with E-state index in [1.54, 1.807) is 33.5 Å². The molecule has 0 amide bonds. The molecule has 0 aromatic heterocycles. The third-order valence-corrected chi connectivity index (χ3v) is 7.94. The number of hydrogen-bond donors (Lipinski definition) is 1. The summed E-state index contributed by atoms with van der Waals surface area (Å²) < 4.78 is 45.2. The summed E-state index contributed by atoms with van der Waals surface area (Å²) in [7, 11) is 1.13. The Morgan fingerprint density at radius 2 is 1.60 bits per heavy atom. The van der Waals surface area contributed by atoms with Crippen molar-refractivity contribution in [1.29, 1.82) is 0 Å². The van der Waals surface area contributed by atoms with E-state index in [1.807, 2.05) is 36.4 Å². The molecule has 0 bridgehead atoms. The van der Waals surface area contributed by atoms with E-state index >= 15 is 0 Å². The van der Waals surface area contributed by atoms with E-state index in [-0.39, 0.29) is 17.5 Å². The lowest BCUT2D eigenvalue weighted by atomic mass is 9.91. The van der Waals surface area contributed by atoms with Gasteiger partial charge in [0.1, 0.15) is 5.75 Å². The predicted octanol–water partition coefficient (Wildman–Crippen LogP) is 4.44. The number of sulfonamides is 1. The molecular formula is C26H29ClN2O5S. The summed E-state index contributed by atoms with van der Waals surface area (Å²) in [6.07, 6.45) is 0.812. The van der Waals surface area contributed by atoms with Crippen LogP contribution in [0.3, 0.4) is 0 Å². The highest BCUT2D eigenvalue weighted by molar-refractivity contribution is 7.89. The molecule has 3 aromatic carbocycles. The van der Waals surface area contributed by atoms with E-state index in [9.17, 15) is 8.42 Å². The second-order valence-electron chi connectivity index (χ2n) is 8.30. The number of hydrogen-bond acceptors (Lipinski definition) is 6. The minimum absolute atomic E-state index is 0.173. The summed E-state index contributed by atoms with van der Waals surface area (Å²) in [6.45, 7) is 1.62. The van der Waals surface area contributed by atoms with Crippen LogP contribution in [0.5, 0.6) is 17.2 Å². The lowest BCUT2D eigenvalue weighted by Crippen LogP contribution is -2.41. The Morgan fingerprint density at radius 1 is 0.943 bits per heavy atom. The molecule has 1 unspecified atom stereocenters. The topological polar surface area (TPSA) is 77.1 Å². The van der Waals surface area contributed by atoms with E-state index in [1.165, 1.54) is 12.1 Å². The van der Waals surface area contributed by atoms with Gasteiger partial charge >= 0.3 is 0 Å². The van der Waals surface area contributed by atoms with Crippen LogP contribution in [0.15, 0.2) is 65.6 Å². The van der Waals surface area contributed by atoms with E-state index in [0.29, 0.717) is 23.1 Å². The number of halogens is 1. The van der Waals surface area contributed by atoms with Gasteiger partial charge in [0, 0.05) is 30.7 Å². The van der Waals surface area contributed by atoms with E-state index in [2.05, 4.69) is 9.62 Å². The van der Waals surface area contributed by atoms with Gasteiger partial charge in [0.25, 0.3) is 0 Å². The van der Waals surface area contributed by atoms with Gasteiger partial charge in [-0.25, -0.2) is 13.1 Å². The van der Waals surface area contributed by atoms with Crippen LogP contribution in [0.1, 0.15) is 22.7 Å². The first-order chi connectivity index (χ1) is 16.8. The molecule has 1 N–H and O–H groups in total. The molecule has 3 aromatic rings. The summed E-state index contributed by atoms with van der Waals surface area (Å²) in [5.41, 5.74) is 3.24. The average Bonchev–Trinajstić information content (AvgIpc) is 2.87. The monoisotopic (exact) mass is 516 g/mol. The van der Waals surface area contributed by atoms with Gasteiger partial charge in [-0.15, -0.1) is 0 Å². The minimum atomic E-state index is -3.72. The van der Waals surface area contributed by atoms with Crippen molar-refractivity contribution in [2.75, 3.05) is 34.4 Å². The van der Waals surface area contributed by atoms with Crippen LogP contribution in [0.4, 0.5) is 0 Å². The fourth-order valence-electron chi connectivity index (χ4n) is 4.36. The van der Waals surface area contributed by atoms with Gasteiger partial charge in [-0.3, -0.25) is 4.90 Å². The maximum atomic E-state index is 13.0. The van der Waals surface area contributed by atoms with E-state index in [4.69, 9.17) is 25.8 Å². The van der Waals surface area contributed by atoms with Crippen molar-refractivity contribution < 1.29 is 22.6 Å². The van der Waals surface area contributed by atoms with Gasteiger partial charge in [0.15, 0.2) is 11.5 Å². The summed E-state index contributed by atoms with van der Waals surface area (Å²) in [4.78, 5) is 2.45. The van der Waals surface area contributed by atoms with Crippen LogP contribution in [0.2, 0.25) is 5.02 Å². The standard InChI is InChI=1S/C26H29ClN2O5S/c1-32-21-8-4-18(5-9-21)17-29-13-12-19-14-25(33-2)26(34-3)15-23(19)24(29)16-28-35(30,31)22-10-6-20(27)7-11-22/h4-11,14-15,24,28H,12-13,16-17H2,1-3H3. The second-order valence-corrected chi connectivity index (χ2v) is 10.5. The number of nitrogens with one attached hydrogen (secondary N) is 1. The largest absolute Gasteiger partial charge is 0.497 e. The van der Waals surface area contributed by atoms with Crippen LogP contribution in [-0.4, -0.2) is 47.7 Å². The lowest BCUT2D eigenvalue weighted by Gasteiger charge is -2.38. The molecule has 0 saturated carbocycles. The van der Waals surface area contributed by atoms with Gasteiger partial charge in [0.2, 0.25) is 10.0 Å². The number of methoxy groups -OCH3 is 3. The lowest BCUT2D eigenvalue weighted by molar-refractivity contribution is 0.176. The Bertz CT molecular complexity index is 1260. The highest BCUT2D eigenvalue weighted by Crippen LogP contribution is 2.38. The van der Waals surface area contributed by atoms with Crippen molar-refractivity contribution in [3.05, 3.63) is 82.4 Å². The number of fused-ring (bicyclic) bond motifs is 1. The van der Waals surface area contributed by atoms with Crippen LogP contribution in [0.25, 0.3) is 0 Å². The zero-order valence-corrected chi connectivity index (χ0v) is 21.5. The zero-order valence-electron chi connectivity index (χ0n) is 20.0. The Hall–Kier alpha value is -2.78. The summed E-state index contributed by atoms with van der Waals surface area (Å²) in [6, 6.07) is 17.8. The first-order valence-electron chi connectivity index (χ1n) is 11.2. The highest BCUT2D eigenvalue weighted by Gasteiger charge is 2.30. The van der Waals surface area contributed by atoms with Gasteiger partial charge in [-0.1, -0.05) is 23.7 Å². The number of benzene rings is 3. The average molecular weight is 517 g/mol. The summed E-state index contributed by atoms with van der Waals surface area (Å²) >= 11 is 5.93. The minimum Gasteiger partial charge on any atom is -0.497 e. The van der Waals surface area contributed by atoms with Crippen molar-refractivity contribution in [3.63, 3.8) is 0 Å². The molecule has 0 fully saturated rings. The molecule has 35 heavy (non-hydrogen) atoms. The summed E-state index contributed by atoms with van der Waals surface area (Å²) in [5, 5.41) is 0.483. The van der Waals surface area contributed by atoms with Crippen molar-refractivity contribution in [2.45, 2.75) is 23.9 Å². The normalized spacial score (nSPS) is 15.9. The third-order valence-electron chi connectivity index (χ3n) is 6.25. The first kappa shape index (κ1) is 25.3. The smallest absolute Gasteiger partial charge is 0.240 e. The Kier molecular flexibility index (Phi) is 7.86. The van der Waals surface area contributed by atoms with E-state index < -0.39 is 10.0 Å². The van der Waals surface area contributed by atoms with Gasteiger partial charge in [-0.2, -0.15) is 0 Å². The van der Waals surface area contributed by atoms with Crippen molar-refractivity contribution in [1.82, 2.24) is 9.62 Å². The Balaban J connectivity index is 1.65. The molecule has 4 rings (SSSR count). The Morgan fingerprint density at radius 3 is 2.23 bits per heavy atom. The first-order valence-corrected chi connectivity index (χ1v) is 13.1. The fraction of sp³-hybridized carbons (Fsp3) is 0.308. The maximum absolute atomic E-state index is 13.0. The molecular weight excluding hydrogens is 488 g/mol. The summed E-state index contributed by atoms with van der Waals surface area (Å²) in [5.74, 6) is 2.07. The molecule has 186 valence electrons. The molecule has 1 atom stereocenters. The molecule has 1 aliphatic heterocycles. The van der Waals surface area contributed by atoms with Crippen LogP contribution >= 0.6 is 11.6 Å². The molecule has 1 heterocycles. The van der Waals surface area contributed by atoms with E-state index in [0.717, 1.165) is 35.4 Å². The molecule has 0 spiro atoms. The van der Waals surface area contributed by atoms with Gasteiger partial charge in [-0.05, 0) is 71.6 Å². The number of ether oxygens (including phenoxy) is 3. The van der Waals surface area contributed by atoms with Crippen LogP contribution in [0, 0.1) is 0 Å². The second kappa shape index (κ2) is 10.9. The molecule has 1 aliphatic rings. The molecule has 0 radical (unpaired) electrons. The Labute approximate surface area is 211 Å². The quantitative estimate of drug-likeness (QED) is 0.453. The van der Waals surface area contributed by atoms with Gasteiger partial charge < -0.3 is 14.2 Å². The fourth-order valence-corrected chi connectivity index (χ4v) is 5.52. The zero-order chi connectivity index (χ0) is 25.0. The molecule has 7 nitrogen and oxygen atoms in total. The van der Waals surface area contributed by atoms with Crippen molar-refractivity contribution >= 4 is 21.6 Å². The van der Waals surface area contributed by atoms with Gasteiger partial charge in [0.05, 0.1) is 26.2 Å². The highest BCUT2D eigenvalue weighted by atomic mass is 35.5. The van der Waals surface area contributed by atoms with Crippen LogP contribution < -0.4 is 18.9 Å². The molecule has 0 saturated heterocycles. The number of rotatable bonds is 9. The third kappa shape index (κ3) is 5.73.